The molecule has 0 aliphatic carbocycles. The predicted octanol–water partition coefficient (Wildman–Crippen LogP) is 5.67. The maximum Gasteiger partial charge on any atom is 0.279 e. The van der Waals surface area contributed by atoms with Crippen molar-refractivity contribution in [3.05, 3.63) is 92.9 Å². The van der Waals surface area contributed by atoms with Crippen LogP contribution in [-0.4, -0.2) is 20.8 Å². The summed E-state index contributed by atoms with van der Waals surface area (Å²) in [7, 11) is 0. The minimum absolute atomic E-state index is 0.0913. The molecule has 2 aromatic carbocycles. The van der Waals surface area contributed by atoms with Crippen LogP contribution in [0.15, 0.2) is 59.3 Å². The van der Waals surface area contributed by atoms with Gasteiger partial charge in [0.1, 0.15) is 23.1 Å². The fourth-order valence-corrected chi connectivity index (χ4v) is 3.44. The number of benzene rings is 2. The van der Waals surface area contributed by atoms with Crippen LogP contribution in [0.4, 0.5) is 5.82 Å². The van der Waals surface area contributed by atoms with E-state index in [0.29, 0.717) is 33.7 Å². The highest BCUT2D eigenvalue weighted by molar-refractivity contribution is 6.33. The molecule has 9 heteroatoms. The molecule has 0 bridgehead atoms. The average Bonchev–Trinajstić information content (AvgIpc) is 3.30. The van der Waals surface area contributed by atoms with Crippen molar-refractivity contribution in [3.8, 4) is 5.75 Å². The van der Waals surface area contributed by atoms with Gasteiger partial charge in [0, 0.05) is 11.2 Å². The van der Waals surface area contributed by atoms with Gasteiger partial charge in [0.25, 0.3) is 5.91 Å². The molecule has 0 aliphatic rings. The lowest BCUT2D eigenvalue weighted by Gasteiger charge is -2.07. The van der Waals surface area contributed by atoms with Gasteiger partial charge < -0.3 is 14.6 Å². The Morgan fingerprint density at radius 2 is 1.94 bits per heavy atom. The molecule has 2 heterocycles. The topological polar surface area (TPSA) is 82.2 Å². The van der Waals surface area contributed by atoms with Crippen LogP contribution in [0.3, 0.4) is 0 Å². The van der Waals surface area contributed by atoms with Gasteiger partial charge in [-0.3, -0.25) is 9.48 Å². The second kappa shape index (κ2) is 9.46. The molecule has 0 spiro atoms. The molecule has 0 fully saturated rings. The minimum atomic E-state index is -0.492. The van der Waals surface area contributed by atoms with Gasteiger partial charge in [-0.2, -0.15) is 5.10 Å². The monoisotopic (exact) mass is 470 g/mol. The minimum Gasteiger partial charge on any atom is -0.489 e. The summed E-state index contributed by atoms with van der Waals surface area (Å²) < 4.78 is 12.6. The number of hydrogen-bond donors (Lipinski definition) is 1. The molecule has 0 saturated carbocycles. The quantitative estimate of drug-likeness (QED) is 0.375. The van der Waals surface area contributed by atoms with Crippen molar-refractivity contribution in [2.45, 2.75) is 27.0 Å². The Bertz CT molecular complexity index is 1250. The Balaban J connectivity index is 1.46. The SMILES string of the molecule is Cc1ccc(Cn2cc(Cl)c(NC(=O)c3noc(C)c3COc3cccc(Cl)c3)n2)cc1. The van der Waals surface area contributed by atoms with Crippen LogP contribution in [0, 0.1) is 13.8 Å². The van der Waals surface area contributed by atoms with E-state index in [9.17, 15) is 4.79 Å². The zero-order valence-electron chi connectivity index (χ0n) is 17.4. The molecule has 0 radical (unpaired) electrons. The standard InChI is InChI=1S/C23H20Cl2N4O3/c1-14-6-8-16(9-7-14)11-29-12-20(25)22(27-29)26-23(30)21-19(15(2)32-28-21)13-31-18-5-3-4-17(24)10-18/h3-10,12H,11,13H2,1-2H3,(H,26,27,30). The zero-order valence-corrected chi connectivity index (χ0v) is 18.9. The van der Waals surface area contributed by atoms with Crippen molar-refractivity contribution >= 4 is 34.9 Å². The summed E-state index contributed by atoms with van der Waals surface area (Å²) in [5.74, 6) is 0.802. The van der Waals surface area contributed by atoms with E-state index in [2.05, 4.69) is 15.6 Å². The van der Waals surface area contributed by atoms with Crippen LogP contribution in [0.5, 0.6) is 5.75 Å². The van der Waals surface area contributed by atoms with Crippen molar-refractivity contribution < 1.29 is 14.1 Å². The number of aromatic nitrogens is 3. The summed E-state index contributed by atoms with van der Waals surface area (Å²) in [5.41, 5.74) is 2.88. The first-order valence-corrected chi connectivity index (χ1v) is 10.6. The van der Waals surface area contributed by atoms with E-state index in [1.807, 2.05) is 31.2 Å². The van der Waals surface area contributed by atoms with Gasteiger partial charge >= 0.3 is 0 Å². The lowest BCUT2D eigenvalue weighted by molar-refractivity contribution is 0.101. The van der Waals surface area contributed by atoms with Gasteiger partial charge in [0.2, 0.25) is 0 Å². The average molecular weight is 471 g/mol. The first-order valence-electron chi connectivity index (χ1n) is 9.82. The molecule has 4 rings (SSSR count). The maximum atomic E-state index is 12.9. The van der Waals surface area contributed by atoms with Crippen LogP contribution >= 0.6 is 23.2 Å². The third-order valence-electron chi connectivity index (χ3n) is 4.79. The molecule has 32 heavy (non-hydrogen) atoms. The Morgan fingerprint density at radius 1 is 1.16 bits per heavy atom. The van der Waals surface area contributed by atoms with E-state index >= 15 is 0 Å². The Hall–Kier alpha value is -3.29. The summed E-state index contributed by atoms with van der Waals surface area (Å²) >= 11 is 12.3. The fraction of sp³-hybridized carbons (Fsp3) is 0.174. The van der Waals surface area contributed by atoms with E-state index in [0.717, 1.165) is 5.56 Å². The van der Waals surface area contributed by atoms with Crippen molar-refractivity contribution in [2.24, 2.45) is 0 Å². The zero-order chi connectivity index (χ0) is 22.7. The molecule has 164 valence electrons. The van der Waals surface area contributed by atoms with Crippen LogP contribution in [0.1, 0.15) is 32.9 Å². The number of amides is 1. The lowest BCUT2D eigenvalue weighted by Crippen LogP contribution is -2.16. The van der Waals surface area contributed by atoms with Crippen molar-refractivity contribution in [1.29, 1.82) is 0 Å². The molecule has 0 saturated heterocycles. The number of nitrogens with one attached hydrogen (secondary N) is 1. The van der Waals surface area contributed by atoms with E-state index in [1.54, 1.807) is 42.1 Å². The summed E-state index contributed by atoms with van der Waals surface area (Å²) in [5, 5.41) is 11.8. The van der Waals surface area contributed by atoms with E-state index < -0.39 is 5.91 Å². The maximum absolute atomic E-state index is 12.9. The smallest absolute Gasteiger partial charge is 0.279 e. The van der Waals surface area contributed by atoms with Gasteiger partial charge in [-0.25, -0.2) is 0 Å². The van der Waals surface area contributed by atoms with Crippen molar-refractivity contribution in [3.63, 3.8) is 0 Å². The van der Waals surface area contributed by atoms with Crippen molar-refractivity contribution in [1.82, 2.24) is 14.9 Å². The molecule has 1 N–H and O–H groups in total. The molecule has 1 amide bonds. The van der Waals surface area contributed by atoms with Crippen LogP contribution < -0.4 is 10.1 Å². The van der Waals surface area contributed by atoms with Gasteiger partial charge in [-0.05, 0) is 37.6 Å². The first kappa shape index (κ1) is 21.9. The van der Waals surface area contributed by atoms with Gasteiger partial charge in [-0.15, -0.1) is 0 Å². The molecule has 0 aliphatic heterocycles. The Kier molecular flexibility index (Phi) is 6.48. The number of carbonyl (C=O) groups is 1. The summed E-state index contributed by atoms with van der Waals surface area (Å²) in [6.45, 7) is 4.36. The van der Waals surface area contributed by atoms with Crippen LogP contribution in [0.25, 0.3) is 0 Å². The Labute approximate surface area is 194 Å². The van der Waals surface area contributed by atoms with Gasteiger partial charge in [0.05, 0.1) is 12.1 Å². The van der Waals surface area contributed by atoms with E-state index in [1.165, 1.54) is 5.56 Å². The second-order valence-electron chi connectivity index (χ2n) is 7.27. The normalized spacial score (nSPS) is 10.9. The highest BCUT2D eigenvalue weighted by Gasteiger charge is 2.22. The third-order valence-corrected chi connectivity index (χ3v) is 5.30. The number of nitrogens with zero attached hydrogens (tertiary/aromatic N) is 3. The van der Waals surface area contributed by atoms with E-state index in [-0.39, 0.29) is 18.1 Å². The second-order valence-corrected chi connectivity index (χ2v) is 8.12. The molecule has 0 atom stereocenters. The predicted molar refractivity (Wildman–Crippen MR) is 122 cm³/mol. The summed E-state index contributed by atoms with van der Waals surface area (Å²) in [6, 6.07) is 15.1. The highest BCUT2D eigenvalue weighted by atomic mass is 35.5. The molecular formula is C23H20Cl2N4O3. The number of hydrogen-bond acceptors (Lipinski definition) is 5. The number of ether oxygens (including phenoxy) is 1. The summed E-state index contributed by atoms with van der Waals surface area (Å²) in [4.78, 5) is 12.9. The molecule has 4 aromatic rings. The number of anilines is 1. The largest absolute Gasteiger partial charge is 0.489 e. The summed E-state index contributed by atoms with van der Waals surface area (Å²) in [6.07, 6.45) is 1.66. The van der Waals surface area contributed by atoms with E-state index in [4.69, 9.17) is 32.5 Å². The first-order chi connectivity index (χ1) is 15.4. The molecule has 2 aromatic heterocycles. The molecule has 7 nitrogen and oxygen atoms in total. The number of aryl methyl sites for hydroxylation is 2. The molecule has 0 unspecified atom stereocenters. The highest BCUT2D eigenvalue weighted by Crippen LogP contribution is 2.24. The van der Waals surface area contributed by atoms with Crippen LogP contribution in [-0.2, 0) is 13.2 Å². The number of carbonyl (C=O) groups excluding carboxylic acids is 1. The van der Waals surface area contributed by atoms with Gasteiger partial charge in [0.15, 0.2) is 11.5 Å². The van der Waals surface area contributed by atoms with Crippen molar-refractivity contribution in [2.75, 3.05) is 5.32 Å². The third kappa shape index (κ3) is 5.12. The molecular weight excluding hydrogens is 451 g/mol. The fourth-order valence-electron chi connectivity index (χ4n) is 3.06. The van der Waals surface area contributed by atoms with Crippen LogP contribution in [0.2, 0.25) is 10.0 Å². The Morgan fingerprint density at radius 3 is 2.69 bits per heavy atom. The number of rotatable bonds is 7. The lowest BCUT2D eigenvalue weighted by atomic mass is 10.1. The number of halogens is 2. The van der Waals surface area contributed by atoms with Gasteiger partial charge in [-0.1, -0.05) is 64.3 Å².